The number of nitrogens with zero attached hydrogens (tertiary/aromatic N) is 1. The Hall–Kier alpha value is -2.38. The first kappa shape index (κ1) is 17.0. The van der Waals surface area contributed by atoms with E-state index < -0.39 is 23.9 Å². The maximum Gasteiger partial charge on any atom is 0.326 e. The normalized spacial score (nSPS) is 14.8. The maximum absolute atomic E-state index is 11.9. The molecule has 23 heavy (non-hydrogen) atoms. The van der Waals surface area contributed by atoms with Gasteiger partial charge in [-0.25, -0.2) is 4.79 Å². The maximum atomic E-state index is 11.9. The number of carbonyl (C=O) groups excluding carboxylic acids is 1. The molecule has 0 saturated carbocycles. The molecule has 1 unspecified atom stereocenters. The molecule has 126 valence electrons. The fraction of sp³-hybridized carbons (Fsp3) is 0.600. The number of H-pyrrole nitrogens is 1. The van der Waals surface area contributed by atoms with Crippen LogP contribution in [0.4, 0.5) is 0 Å². The minimum Gasteiger partial charge on any atom is -0.481 e. The van der Waals surface area contributed by atoms with Crippen molar-refractivity contribution in [1.82, 2.24) is 15.5 Å². The van der Waals surface area contributed by atoms with Gasteiger partial charge in [-0.3, -0.25) is 14.7 Å². The Morgan fingerprint density at radius 1 is 1.17 bits per heavy atom. The van der Waals surface area contributed by atoms with Crippen LogP contribution in [0.5, 0.6) is 0 Å². The van der Waals surface area contributed by atoms with Crippen molar-refractivity contribution in [3.8, 4) is 0 Å². The zero-order valence-electron chi connectivity index (χ0n) is 12.8. The van der Waals surface area contributed by atoms with E-state index in [0.29, 0.717) is 6.42 Å². The average Bonchev–Trinajstić information content (AvgIpc) is 2.92. The van der Waals surface area contributed by atoms with Gasteiger partial charge in [0, 0.05) is 25.0 Å². The Bertz CT molecular complexity index is 596. The molecule has 1 aromatic rings. The molecule has 1 atom stereocenters. The molecule has 0 aliphatic heterocycles. The van der Waals surface area contributed by atoms with Crippen molar-refractivity contribution in [2.24, 2.45) is 0 Å². The molecule has 1 aliphatic carbocycles. The highest BCUT2D eigenvalue weighted by Crippen LogP contribution is 2.22. The van der Waals surface area contributed by atoms with Gasteiger partial charge in [-0.1, -0.05) is 0 Å². The highest BCUT2D eigenvalue weighted by atomic mass is 16.4. The van der Waals surface area contributed by atoms with E-state index in [-0.39, 0.29) is 19.3 Å². The van der Waals surface area contributed by atoms with Gasteiger partial charge in [0.1, 0.15) is 6.04 Å². The van der Waals surface area contributed by atoms with Crippen molar-refractivity contribution in [2.45, 2.75) is 57.4 Å². The minimum atomic E-state index is -1.23. The quantitative estimate of drug-likeness (QED) is 0.555. The summed E-state index contributed by atoms with van der Waals surface area (Å²) >= 11 is 0. The number of hydrogen-bond donors (Lipinski definition) is 4. The van der Waals surface area contributed by atoms with Gasteiger partial charge in [0.2, 0.25) is 5.91 Å². The molecule has 0 spiro atoms. The second kappa shape index (κ2) is 7.75. The summed E-state index contributed by atoms with van der Waals surface area (Å²) in [7, 11) is 0. The summed E-state index contributed by atoms with van der Waals surface area (Å²) < 4.78 is 0. The first-order chi connectivity index (χ1) is 11.0. The lowest BCUT2D eigenvalue weighted by Crippen LogP contribution is -2.41. The summed E-state index contributed by atoms with van der Waals surface area (Å²) in [5, 5.41) is 27.2. The molecule has 8 nitrogen and oxygen atoms in total. The van der Waals surface area contributed by atoms with Gasteiger partial charge in [-0.2, -0.15) is 5.10 Å². The zero-order valence-corrected chi connectivity index (χ0v) is 12.8. The highest BCUT2D eigenvalue weighted by molar-refractivity contribution is 5.84. The van der Waals surface area contributed by atoms with Crippen LogP contribution in [0, 0.1) is 0 Å². The van der Waals surface area contributed by atoms with Crippen molar-refractivity contribution >= 4 is 17.8 Å². The largest absolute Gasteiger partial charge is 0.481 e. The van der Waals surface area contributed by atoms with Crippen LogP contribution < -0.4 is 5.32 Å². The molecule has 0 saturated heterocycles. The molecular weight excluding hydrogens is 302 g/mol. The first-order valence-electron chi connectivity index (χ1n) is 7.76. The molecule has 1 amide bonds. The number of rotatable bonds is 8. The Balaban J connectivity index is 1.85. The van der Waals surface area contributed by atoms with Crippen LogP contribution in [0.25, 0.3) is 0 Å². The number of carboxylic acids is 2. The predicted molar refractivity (Wildman–Crippen MR) is 80.0 cm³/mol. The first-order valence-corrected chi connectivity index (χ1v) is 7.76. The second-order valence-corrected chi connectivity index (χ2v) is 5.73. The number of aryl methyl sites for hydroxylation is 2. The molecular formula is C15H21N3O5. The van der Waals surface area contributed by atoms with Gasteiger partial charge in [-0.05, 0) is 37.7 Å². The molecule has 1 aromatic heterocycles. The van der Waals surface area contributed by atoms with Crippen LogP contribution in [0.3, 0.4) is 0 Å². The number of nitrogens with one attached hydrogen (secondary N) is 2. The van der Waals surface area contributed by atoms with Crippen molar-refractivity contribution < 1.29 is 24.6 Å². The lowest BCUT2D eigenvalue weighted by molar-refractivity contribution is -0.143. The van der Waals surface area contributed by atoms with E-state index in [2.05, 4.69) is 15.5 Å². The molecule has 0 fully saturated rings. The molecule has 1 aliphatic rings. The fourth-order valence-corrected chi connectivity index (χ4v) is 2.78. The second-order valence-electron chi connectivity index (χ2n) is 5.73. The summed E-state index contributed by atoms with van der Waals surface area (Å²) in [5.41, 5.74) is 3.19. The van der Waals surface area contributed by atoms with Crippen LogP contribution in [-0.2, 0) is 33.6 Å². The van der Waals surface area contributed by atoms with Gasteiger partial charge in [0.15, 0.2) is 0 Å². The number of amides is 1. The van der Waals surface area contributed by atoms with Crippen molar-refractivity contribution in [3.05, 3.63) is 17.0 Å². The predicted octanol–water partition coefficient (Wildman–Crippen LogP) is 0.655. The van der Waals surface area contributed by atoms with Gasteiger partial charge >= 0.3 is 11.9 Å². The van der Waals surface area contributed by atoms with Crippen LogP contribution in [0.1, 0.15) is 49.1 Å². The van der Waals surface area contributed by atoms with Gasteiger partial charge in [0.05, 0.1) is 5.69 Å². The van der Waals surface area contributed by atoms with E-state index in [4.69, 9.17) is 10.2 Å². The summed E-state index contributed by atoms with van der Waals surface area (Å²) in [5.74, 6) is -2.72. The van der Waals surface area contributed by atoms with Gasteiger partial charge in [-0.15, -0.1) is 0 Å². The standard InChI is InChI=1S/C15H21N3O5/c19-13(16-12(15(22)23)6-8-14(20)21)7-5-11-9-3-1-2-4-10(9)17-18-11/h12H,1-8H2,(H,16,19)(H,17,18)(H,20,21)(H,22,23). The zero-order chi connectivity index (χ0) is 16.8. The molecule has 4 N–H and O–H groups in total. The van der Waals surface area contributed by atoms with E-state index >= 15 is 0 Å². The van der Waals surface area contributed by atoms with E-state index in [0.717, 1.165) is 37.1 Å². The lowest BCUT2D eigenvalue weighted by atomic mass is 9.94. The van der Waals surface area contributed by atoms with E-state index in [1.165, 1.54) is 5.56 Å². The van der Waals surface area contributed by atoms with E-state index in [1.807, 2.05) is 0 Å². The number of fused-ring (bicyclic) bond motifs is 1. The van der Waals surface area contributed by atoms with Crippen LogP contribution in [0.15, 0.2) is 0 Å². The summed E-state index contributed by atoms with van der Waals surface area (Å²) in [6.45, 7) is 0. The Kier molecular flexibility index (Phi) is 5.72. The number of carboxylic acid groups (broad SMARTS) is 2. The van der Waals surface area contributed by atoms with E-state index in [1.54, 1.807) is 0 Å². The minimum absolute atomic E-state index is 0.131. The van der Waals surface area contributed by atoms with Crippen molar-refractivity contribution in [3.63, 3.8) is 0 Å². The number of aromatic nitrogens is 2. The monoisotopic (exact) mass is 323 g/mol. The summed E-state index contributed by atoms with van der Waals surface area (Å²) in [6.07, 6.45) is 4.33. The molecule has 2 rings (SSSR count). The van der Waals surface area contributed by atoms with Gasteiger partial charge < -0.3 is 15.5 Å². The molecule has 1 heterocycles. The third-order valence-corrected chi connectivity index (χ3v) is 4.01. The van der Waals surface area contributed by atoms with E-state index in [9.17, 15) is 14.4 Å². The van der Waals surface area contributed by atoms with Crippen molar-refractivity contribution in [1.29, 1.82) is 0 Å². The smallest absolute Gasteiger partial charge is 0.326 e. The molecule has 8 heteroatoms. The van der Waals surface area contributed by atoms with Crippen molar-refractivity contribution in [2.75, 3.05) is 0 Å². The third-order valence-electron chi connectivity index (χ3n) is 4.01. The molecule has 0 bridgehead atoms. The van der Waals surface area contributed by atoms with Crippen LogP contribution >= 0.6 is 0 Å². The Labute approximate surface area is 133 Å². The SMILES string of the molecule is O=C(O)CCC(NC(=O)CCc1n[nH]c2c1CCCC2)C(=O)O. The summed E-state index contributed by atoms with van der Waals surface area (Å²) in [6, 6.07) is -1.17. The number of aliphatic carboxylic acids is 2. The molecule has 0 radical (unpaired) electrons. The van der Waals surface area contributed by atoms with Crippen LogP contribution in [0.2, 0.25) is 0 Å². The topological polar surface area (TPSA) is 132 Å². The van der Waals surface area contributed by atoms with Crippen LogP contribution in [-0.4, -0.2) is 44.3 Å². The highest BCUT2D eigenvalue weighted by Gasteiger charge is 2.22. The average molecular weight is 323 g/mol. The number of hydrogen-bond acceptors (Lipinski definition) is 4. The van der Waals surface area contributed by atoms with Gasteiger partial charge in [0.25, 0.3) is 0 Å². The summed E-state index contributed by atoms with van der Waals surface area (Å²) in [4.78, 5) is 33.5. The Morgan fingerprint density at radius 3 is 2.61 bits per heavy atom. The lowest BCUT2D eigenvalue weighted by Gasteiger charge is -2.14. The number of aromatic amines is 1. The third kappa shape index (κ3) is 4.80. The number of carbonyl (C=O) groups is 3. The fourth-order valence-electron chi connectivity index (χ4n) is 2.78. The Morgan fingerprint density at radius 2 is 1.91 bits per heavy atom. The molecule has 0 aromatic carbocycles.